The van der Waals surface area contributed by atoms with Crippen molar-refractivity contribution in [2.45, 2.75) is 0 Å². The number of hydrogen-bond donors (Lipinski definition) is 1. The highest BCUT2D eigenvalue weighted by Crippen LogP contribution is 2.45. The molecule has 1 N–H and O–H groups in total. The maximum absolute atomic E-state index is 12.1. The van der Waals surface area contributed by atoms with Crippen LogP contribution >= 0.6 is 7.82 Å². The molecule has 3 rings (SSSR count). The Morgan fingerprint density at radius 1 is 0.833 bits per heavy atom. The van der Waals surface area contributed by atoms with Crippen LogP contribution in [0.15, 0.2) is 72.8 Å². The lowest BCUT2D eigenvalue weighted by Gasteiger charge is -2.15. The number of para-hydroxylation sites is 1. The summed E-state index contributed by atoms with van der Waals surface area (Å²) < 4.78 is 27.7. The van der Waals surface area contributed by atoms with Gasteiger partial charge < -0.3 is 9.26 Å². The molecule has 0 aromatic heterocycles. The summed E-state index contributed by atoms with van der Waals surface area (Å²) in [5.41, 5.74) is 0. The standard InChI is InChI=1S/C18H17O5P/c19-24(20,22-14-13-21-16-9-2-1-3-10-16)23-18-12-6-8-15-7-4-5-11-17(15)18/h1-12H,13-14H2,(H,19,20). The van der Waals surface area contributed by atoms with Gasteiger partial charge >= 0.3 is 7.82 Å². The van der Waals surface area contributed by atoms with Crippen LogP contribution in [0.2, 0.25) is 0 Å². The Kier molecular flexibility index (Phi) is 5.16. The van der Waals surface area contributed by atoms with Crippen molar-refractivity contribution in [1.29, 1.82) is 0 Å². The van der Waals surface area contributed by atoms with E-state index in [0.717, 1.165) is 10.8 Å². The topological polar surface area (TPSA) is 65.0 Å². The first-order valence-corrected chi connectivity index (χ1v) is 8.96. The zero-order chi connectivity index (χ0) is 16.8. The van der Waals surface area contributed by atoms with E-state index in [1.807, 2.05) is 48.5 Å². The highest BCUT2D eigenvalue weighted by molar-refractivity contribution is 7.47. The summed E-state index contributed by atoms with van der Waals surface area (Å²) in [5, 5.41) is 1.67. The van der Waals surface area contributed by atoms with Gasteiger partial charge in [0.15, 0.2) is 0 Å². The van der Waals surface area contributed by atoms with E-state index in [0.29, 0.717) is 11.5 Å². The Labute approximate surface area is 140 Å². The van der Waals surface area contributed by atoms with Gasteiger partial charge in [0.25, 0.3) is 0 Å². The Balaban J connectivity index is 1.58. The molecule has 3 aromatic rings. The first kappa shape index (κ1) is 16.5. The van der Waals surface area contributed by atoms with Gasteiger partial charge in [-0.25, -0.2) is 4.57 Å². The van der Waals surface area contributed by atoms with E-state index < -0.39 is 7.82 Å². The Hall–Kier alpha value is -2.33. The maximum atomic E-state index is 12.1. The fourth-order valence-electron chi connectivity index (χ4n) is 2.25. The van der Waals surface area contributed by atoms with Crippen molar-refractivity contribution < 1.29 is 23.2 Å². The van der Waals surface area contributed by atoms with Gasteiger partial charge in [0.05, 0.1) is 6.61 Å². The van der Waals surface area contributed by atoms with Crippen molar-refractivity contribution in [2.75, 3.05) is 13.2 Å². The molecule has 1 atom stereocenters. The van der Waals surface area contributed by atoms with Gasteiger partial charge in [0.1, 0.15) is 18.1 Å². The van der Waals surface area contributed by atoms with E-state index >= 15 is 0 Å². The fraction of sp³-hybridized carbons (Fsp3) is 0.111. The normalized spacial score (nSPS) is 13.4. The molecular weight excluding hydrogens is 327 g/mol. The fourth-order valence-corrected chi connectivity index (χ4v) is 3.02. The van der Waals surface area contributed by atoms with Gasteiger partial charge in [-0.1, -0.05) is 54.6 Å². The maximum Gasteiger partial charge on any atom is 0.527 e. The van der Waals surface area contributed by atoms with Crippen LogP contribution in [0.3, 0.4) is 0 Å². The minimum absolute atomic E-state index is 0.0621. The van der Waals surface area contributed by atoms with Crippen LogP contribution in [-0.2, 0) is 9.09 Å². The van der Waals surface area contributed by atoms with Gasteiger partial charge in [-0.05, 0) is 23.6 Å². The van der Waals surface area contributed by atoms with Gasteiger partial charge in [-0.3, -0.25) is 9.42 Å². The van der Waals surface area contributed by atoms with Crippen LogP contribution in [0, 0.1) is 0 Å². The highest BCUT2D eigenvalue weighted by atomic mass is 31.2. The van der Waals surface area contributed by atoms with Crippen LogP contribution in [0.5, 0.6) is 11.5 Å². The molecular formula is C18H17O5P. The molecule has 0 bridgehead atoms. The second kappa shape index (κ2) is 7.49. The number of hydrogen-bond acceptors (Lipinski definition) is 4. The first-order chi connectivity index (χ1) is 11.6. The molecule has 24 heavy (non-hydrogen) atoms. The lowest BCUT2D eigenvalue weighted by Crippen LogP contribution is -2.07. The quantitative estimate of drug-likeness (QED) is 0.508. The molecule has 1 unspecified atom stereocenters. The lowest BCUT2D eigenvalue weighted by atomic mass is 10.1. The van der Waals surface area contributed by atoms with Crippen molar-refractivity contribution in [1.82, 2.24) is 0 Å². The third-order valence-electron chi connectivity index (χ3n) is 3.31. The van der Waals surface area contributed by atoms with Crippen LogP contribution in [0.1, 0.15) is 0 Å². The summed E-state index contributed by atoms with van der Waals surface area (Å²) in [6.45, 7) is 0.0842. The average molecular weight is 344 g/mol. The molecule has 3 aromatic carbocycles. The number of rotatable bonds is 7. The Morgan fingerprint density at radius 3 is 2.38 bits per heavy atom. The second-order valence-electron chi connectivity index (χ2n) is 5.03. The SMILES string of the molecule is O=P(O)(OCCOc1ccccc1)Oc1cccc2ccccc12. The monoisotopic (exact) mass is 344 g/mol. The minimum atomic E-state index is -4.22. The predicted octanol–water partition coefficient (Wildman–Crippen LogP) is 4.41. The third kappa shape index (κ3) is 4.36. The van der Waals surface area contributed by atoms with Crippen molar-refractivity contribution in [3.63, 3.8) is 0 Å². The number of phosphoric acid groups is 1. The largest absolute Gasteiger partial charge is 0.527 e. The lowest BCUT2D eigenvalue weighted by molar-refractivity contribution is 0.165. The van der Waals surface area contributed by atoms with Crippen LogP contribution in [-0.4, -0.2) is 18.1 Å². The second-order valence-corrected chi connectivity index (χ2v) is 6.41. The summed E-state index contributed by atoms with van der Waals surface area (Å²) in [6, 6.07) is 21.9. The molecule has 5 nitrogen and oxygen atoms in total. The number of ether oxygens (including phenoxy) is 1. The Morgan fingerprint density at radius 2 is 1.54 bits per heavy atom. The van der Waals surface area contributed by atoms with Crippen molar-refractivity contribution in [3.05, 3.63) is 72.8 Å². The first-order valence-electron chi connectivity index (χ1n) is 7.47. The highest BCUT2D eigenvalue weighted by Gasteiger charge is 2.23. The molecule has 0 saturated carbocycles. The average Bonchev–Trinajstić information content (AvgIpc) is 2.60. The zero-order valence-electron chi connectivity index (χ0n) is 12.9. The van der Waals surface area contributed by atoms with E-state index in [-0.39, 0.29) is 13.2 Å². The summed E-state index contributed by atoms with van der Waals surface area (Å²) in [7, 11) is -4.22. The van der Waals surface area contributed by atoms with E-state index in [4.69, 9.17) is 13.8 Å². The van der Waals surface area contributed by atoms with Crippen LogP contribution in [0.25, 0.3) is 10.8 Å². The zero-order valence-corrected chi connectivity index (χ0v) is 13.8. The molecule has 124 valence electrons. The summed E-state index contributed by atoms with van der Waals surface area (Å²) in [6.07, 6.45) is 0. The van der Waals surface area contributed by atoms with Crippen molar-refractivity contribution in [2.24, 2.45) is 0 Å². The third-order valence-corrected chi connectivity index (χ3v) is 4.25. The van der Waals surface area contributed by atoms with E-state index in [1.165, 1.54) is 0 Å². The number of benzene rings is 3. The molecule has 0 spiro atoms. The molecule has 0 aliphatic rings. The van der Waals surface area contributed by atoms with Gasteiger partial charge in [0, 0.05) is 5.39 Å². The van der Waals surface area contributed by atoms with Gasteiger partial charge in [-0.15, -0.1) is 0 Å². The van der Waals surface area contributed by atoms with Crippen LogP contribution < -0.4 is 9.26 Å². The molecule has 0 amide bonds. The summed E-state index contributed by atoms with van der Waals surface area (Å²) >= 11 is 0. The van der Waals surface area contributed by atoms with E-state index in [1.54, 1.807) is 24.3 Å². The van der Waals surface area contributed by atoms with E-state index in [9.17, 15) is 9.46 Å². The molecule has 0 aliphatic heterocycles. The summed E-state index contributed by atoms with van der Waals surface area (Å²) in [4.78, 5) is 9.88. The summed E-state index contributed by atoms with van der Waals surface area (Å²) in [5.74, 6) is 0.978. The van der Waals surface area contributed by atoms with Crippen LogP contribution in [0.4, 0.5) is 0 Å². The number of fused-ring (bicyclic) bond motifs is 1. The molecule has 6 heteroatoms. The predicted molar refractivity (Wildman–Crippen MR) is 92.3 cm³/mol. The van der Waals surface area contributed by atoms with E-state index in [2.05, 4.69) is 0 Å². The Bertz CT molecular complexity index is 845. The number of phosphoric ester groups is 1. The minimum Gasteiger partial charge on any atom is -0.491 e. The smallest absolute Gasteiger partial charge is 0.491 e. The molecule has 0 saturated heterocycles. The molecule has 0 radical (unpaired) electrons. The molecule has 0 aliphatic carbocycles. The molecule has 0 heterocycles. The van der Waals surface area contributed by atoms with Crippen molar-refractivity contribution in [3.8, 4) is 11.5 Å². The van der Waals surface area contributed by atoms with Gasteiger partial charge in [0.2, 0.25) is 0 Å². The molecule has 0 fully saturated rings. The van der Waals surface area contributed by atoms with Crippen molar-refractivity contribution >= 4 is 18.6 Å². The van der Waals surface area contributed by atoms with Gasteiger partial charge in [-0.2, -0.15) is 0 Å².